The van der Waals surface area contributed by atoms with Crippen molar-refractivity contribution >= 4 is 6.29 Å². The largest absolute Gasteiger partial charge is 0.490 e. The lowest BCUT2D eigenvalue weighted by molar-refractivity contribution is 0.111. The summed E-state index contributed by atoms with van der Waals surface area (Å²) in [6, 6.07) is 0.754. The van der Waals surface area contributed by atoms with Crippen molar-refractivity contribution in [2.24, 2.45) is 0 Å². The fraction of sp³-hybridized carbons (Fsp3) is 0.222. The Morgan fingerprint density at radius 2 is 1.79 bits per heavy atom. The van der Waals surface area contributed by atoms with Crippen LogP contribution < -0.4 is 9.47 Å². The van der Waals surface area contributed by atoms with Gasteiger partial charge in [0.05, 0.1) is 19.8 Å². The van der Waals surface area contributed by atoms with Crippen molar-refractivity contribution in [3.05, 3.63) is 23.3 Å². The van der Waals surface area contributed by atoms with E-state index in [1.54, 1.807) is 0 Å². The van der Waals surface area contributed by atoms with E-state index in [1.165, 1.54) is 7.11 Å². The van der Waals surface area contributed by atoms with E-state index in [1.807, 2.05) is 0 Å². The van der Waals surface area contributed by atoms with Crippen LogP contribution in [0.25, 0.3) is 0 Å². The molecule has 3 nitrogen and oxygen atoms in total. The van der Waals surface area contributed by atoms with Crippen LogP contribution in [0, 0.1) is 11.6 Å². The zero-order valence-corrected chi connectivity index (χ0v) is 7.64. The molecule has 0 fully saturated rings. The first-order valence-corrected chi connectivity index (χ1v) is 3.70. The fourth-order valence-electron chi connectivity index (χ4n) is 1.06. The summed E-state index contributed by atoms with van der Waals surface area (Å²) in [6.07, 6.45) is 0.209. The summed E-state index contributed by atoms with van der Waals surface area (Å²) in [6.45, 7) is 0. The Balaban J connectivity index is 3.47. The molecular weight excluding hydrogens is 194 g/mol. The molecule has 1 aromatic carbocycles. The maximum absolute atomic E-state index is 13.3. The molecule has 0 saturated heterocycles. The Labute approximate surface area is 79.2 Å². The summed E-state index contributed by atoms with van der Waals surface area (Å²) in [5.41, 5.74) is -0.403. The number of ether oxygens (including phenoxy) is 2. The summed E-state index contributed by atoms with van der Waals surface area (Å²) in [4.78, 5) is 10.3. The number of hydrogen-bond acceptors (Lipinski definition) is 3. The van der Waals surface area contributed by atoms with E-state index in [0.717, 1.165) is 13.2 Å². The molecule has 0 aromatic heterocycles. The molecule has 0 unspecified atom stereocenters. The van der Waals surface area contributed by atoms with Crippen LogP contribution in [0.1, 0.15) is 10.4 Å². The molecule has 0 aliphatic carbocycles. The molecule has 1 aromatic rings. The van der Waals surface area contributed by atoms with E-state index in [-0.39, 0.29) is 12.0 Å². The molecule has 0 heterocycles. The van der Waals surface area contributed by atoms with Crippen molar-refractivity contribution in [1.29, 1.82) is 0 Å². The Morgan fingerprint density at radius 3 is 2.21 bits per heavy atom. The predicted molar refractivity (Wildman–Crippen MR) is 44.8 cm³/mol. The van der Waals surface area contributed by atoms with Crippen molar-refractivity contribution in [2.45, 2.75) is 0 Å². The molecule has 5 heteroatoms. The van der Waals surface area contributed by atoms with Gasteiger partial charge in [0.15, 0.2) is 23.7 Å². The van der Waals surface area contributed by atoms with Gasteiger partial charge in [-0.2, -0.15) is 0 Å². The number of aldehydes is 1. The molecule has 0 spiro atoms. The van der Waals surface area contributed by atoms with Gasteiger partial charge in [0.1, 0.15) is 0 Å². The molecule has 1 rings (SSSR count). The lowest BCUT2D eigenvalue weighted by Crippen LogP contribution is -2.00. The van der Waals surface area contributed by atoms with E-state index in [4.69, 9.17) is 0 Å². The maximum Gasteiger partial charge on any atom is 0.200 e. The van der Waals surface area contributed by atoms with Crippen molar-refractivity contribution < 1.29 is 23.0 Å². The molecular formula is C9H8F2O3. The van der Waals surface area contributed by atoms with Gasteiger partial charge in [0, 0.05) is 0 Å². The highest BCUT2D eigenvalue weighted by molar-refractivity contribution is 5.77. The quantitative estimate of drug-likeness (QED) is 0.701. The van der Waals surface area contributed by atoms with Crippen LogP contribution in [0.15, 0.2) is 6.07 Å². The summed E-state index contributed by atoms with van der Waals surface area (Å²) in [7, 11) is 2.34. The number of halogens is 2. The van der Waals surface area contributed by atoms with Crippen LogP contribution >= 0.6 is 0 Å². The Hall–Kier alpha value is -1.65. The third-order valence-electron chi connectivity index (χ3n) is 1.69. The first kappa shape index (κ1) is 10.4. The Kier molecular flexibility index (Phi) is 3.01. The molecule has 0 atom stereocenters. The van der Waals surface area contributed by atoms with Crippen LogP contribution in [0.5, 0.6) is 11.5 Å². The second kappa shape index (κ2) is 4.04. The average Bonchev–Trinajstić information content (AvgIpc) is 2.20. The second-order valence-electron chi connectivity index (χ2n) is 2.45. The number of rotatable bonds is 3. The minimum atomic E-state index is -0.930. The third kappa shape index (κ3) is 1.53. The normalized spacial score (nSPS) is 9.71. The summed E-state index contributed by atoms with van der Waals surface area (Å²) < 4.78 is 35.6. The van der Waals surface area contributed by atoms with Crippen molar-refractivity contribution in [2.75, 3.05) is 14.2 Å². The second-order valence-corrected chi connectivity index (χ2v) is 2.45. The van der Waals surface area contributed by atoms with Crippen LogP contribution in [-0.4, -0.2) is 20.5 Å². The highest BCUT2D eigenvalue weighted by Crippen LogP contribution is 2.34. The fourth-order valence-corrected chi connectivity index (χ4v) is 1.06. The molecule has 0 bridgehead atoms. The van der Waals surface area contributed by atoms with Crippen LogP contribution in [0.3, 0.4) is 0 Å². The SMILES string of the molecule is COc1c(F)cc(C=O)c(F)c1OC. The van der Waals surface area contributed by atoms with Gasteiger partial charge >= 0.3 is 0 Å². The highest BCUT2D eigenvalue weighted by Gasteiger charge is 2.19. The molecule has 0 radical (unpaired) electrons. The van der Waals surface area contributed by atoms with Gasteiger partial charge in [0.2, 0.25) is 5.75 Å². The molecule has 0 aliphatic heterocycles. The number of hydrogen-bond donors (Lipinski definition) is 0. The number of carbonyl (C=O) groups excluding carboxylic acids is 1. The third-order valence-corrected chi connectivity index (χ3v) is 1.69. The monoisotopic (exact) mass is 202 g/mol. The Morgan fingerprint density at radius 1 is 1.21 bits per heavy atom. The minimum Gasteiger partial charge on any atom is -0.490 e. The van der Waals surface area contributed by atoms with E-state index < -0.39 is 22.9 Å². The highest BCUT2D eigenvalue weighted by atomic mass is 19.1. The minimum absolute atomic E-state index is 0.209. The van der Waals surface area contributed by atoms with E-state index in [9.17, 15) is 13.6 Å². The van der Waals surface area contributed by atoms with E-state index >= 15 is 0 Å². The van der Waals surface area contributed by atoms with Gasteiger partial charge in [0.25, 0.3) is 0 Å². The van der Waals surface area contributed by atoms with Crippen LogP contribution in [0.2, 0.25) is 0 Å². The summed E-state index contributed by atoms with van der Waals surface area (Å²) in [5, 5.41) is 0. The first-order chi connectivity index (χ1) is 6.65. The molecule has 14 heavy (non-hydrogen) atoms. The average molecular weight is 202 g/mol. The van der Waals surface area contributed by atoms with Gasteiger partial charge in [-0.1, -0.05) is 0 Å². The summed E-state index contributed by atoms with van der Waals surface area (Å²) in [5.74, 6) is -2.53. The van der Waals surface area contributed by atoms with Crippen molar-refractivity contribution in [1.82, 2.24) is 0 Å². The van der Waals surface area contributed by atoms with Gasteiger partial charge < -0.3 is 9.47 Å². The van der Waals surface area contributed by atoms with Gasteiger partial charge in [-0.15, -0.1) is 0 Å². The summed E-state index contributed by atoms with van der Waals surface area (Å²) >= 11 is 0. The van der Waals surface area contributed by atoms with Gasteiger partial charge in [-0.3, -0.25) is 4.79 Å². The van der Waals surface area contributed by atoms with E-state index in [0.29, 0.717) is 0 Å². The molecule has 0 aliphatic rings. The van der Waals surface area contributed by atoms with Crippen LogP contribution in [0.4, 0.5) is 8.78 Å². The number of methoxy groups -OCH3 is 2. The van der Waals surface area contributed by atoms with Gasteiger partial charge in [-0.25, -0.2) is 8.78 Å². The number of benzene rings is 1. The molecule has 0 saturated carbocycles. The lowest BCUT2D eigenvalue weighted by atomic mass is 10.2. The van der Waals surface area contributed by atoms with E-state index in [2.05, 4.69) is 9.47 Å². The molecule has 0 N–H and O–H groups in total. The lowest BCUT2D eigenvalue weighted by Gasteiger charge is -2.10. The topological polar surface area (TPSA) is 35.5 Å². The maximum atomic E-state index is 13.3. The van der Waals surface area contributed by atoms with Gasteiger partial charge in [-0.05, 0) is 6.07 Å². The van der Waals surface area contributed by atoms with Crippen molar-refractivity contribution in [3.8, 4) is 11.5 Å². The molecule has 76 valence electrons. The zero-order chi connectivity index (χ0) is 10.7. The zero-order valence-electron chi connectivity index (χ0n) is 7.64. The standard InChI is InChI=1S/C9H8F2O3/c1-13-8-6(10)3-5(4-12)7(11)9(8)14-2/h3-4H,1-2H3. The first-order valence-electron chi connectivity index (χ1n) is 3.70. The van der Waals surface area contributed by atoms with Crippen molar-refractivity contribution in [3.63, 3.8) is 0 Å². The smallest absolute Gasteiger partial charge is 0.200 e. The Bertz CT molecular complexity index is 364. The van der Waals surface area contributed by atoms with Crippen LogP contribution in [-0.2, 0) is 0 Å². The predicted octanol–water partition coefficient (Wildman–Crippen LogP) is 1.79. The molecule has 0 amide bonds. The number of carbonyl (C=O) groups is 1.